The molecule has 0 fully saturated rings. The molecule has 0 bridgehead atoms. The summed E-state index contributed by atoms with van der Waals surface area (Å²) in [5.74, 6) is -1.98. The van der Waals surface area contributed by atoms with Crippen LogP contribution < -0.4 is 0 Å². The van der Waals surface area contributed by atoms with Crippen LogP contribution in [0.1, 0.15) is 26.6 Å². The Morgan fingerprint density at radius 3 is 2.57 bits per heavy atom. The van der Waals surface area contributed by atoms with Crippen LogP contribution in [-0.2, 0) is 9.47 Å². The Morgan fingerprint density at radius 1 is 1.24 bits per heavy atom. The first-order valence-corrected chi connectivity index (χ1v) is 5.78. The fourth-order valence-corrected chi connectivity index (χ4v) is 1.63. The van der Waals surface area contributed by atoms with Gasteiger partial charge < -0.3 is 13.9 Å². The smallest absolute Gasteiger partial charge is 0.376 e. The molecule has 0 saturated heterocycles. The zero-order valence-corrected chi connectivity index (χ0v) is 11.2. The third-order valence-corrected chi connectivity index (χ3v) is 2.62. The number of rotatable bonds is 3. The molecular weight excluding hydrogens is 276 g/mol. The van der Waals surface area contributed by atoms with Crippen molar-refractivity contribution in [2.24, 2.45) is 0 Å². The number of carbonyl (C=O) groups excluding carboxylic acids is 2. The number of hydrogen-bond acceptors (Lipinski definition) is 7. The number of esters is 2. The Bertz CT molecular complexity index is 709. The third-order valence-electron chi connectivity index (χ3n) is 2.62. The molecule has 0 saturated carbocycles. The molecule has 2 rings (SSSR count). The van der Waals surface area contributed by atoms with Crippen LogP contribution in [0.3, 0.4) is 0 Å². The minimum atomic E-state index is -0.842. The first kappa shape index (κ1) is 14.3. The second kappa shape index (κ2) is 5.88. The quantitative estimate of drug-likeness (QED) is 0.792. The van der Waals surface area contributed by atoms with Gasteiger partial charge in [0.05, 0.1) is 25.9 Å². The van der Waals surface area contributed by atoms with Gasteiger partial charge in [0.25, 0.3) is 0 Å². The summed E-state index contributed by atoms with van der Waals surface area (Å²) < 4.78 is 14.4. The lowest BCUT2D eigenvalue weighted by Gasteiger charge is -1.96. The van der Waals surface area contributed by atoms with Gasteiger partial charge in [0.1, 0.15) is 0 Å². The highest BCUT2D eigenvalue weighted by atomic mass is 16.5. The highest BCUT2D eigenvalue weighted by Gasteiger charge is 2.27. The van der Waals surface area contributed by atoms with Crippen LogP contribution in [0.5, 0.6) is 0 Å². The molecule has 0 aliphatic rings. The number of methoxy groups -OCH3 is 2. The van der Waals surface area contributed by atoms with Gasteiger partial charge in [0.2, 0.25) is 17.3 Å². The van der Waals surface area contributed by atoms with Crippen molar-refractivity contribution in [3.8, 4) is 17.5 Å². The van der Waals surface area contributed by atoms with E-state index in [9.17, 15) is 9.59 Å². The van der Waals surface area contributed by atoms with E-state index in [4.69, 9.17) is 9.68 Å². The van der Waals surface area contributed by atoms with Gasteiger partial charge in [-0.15, -0.1) is 0 Å². The van der Waals surface area contributed by atoms with E-state index in [2.05, 4.69) is 14.5 Å². The van der Waals surface area contributed by atoms with Crippen molar-refractivity contribution in [3.63, 3.8) is 0 Å². The summed E-state index contributed by atoms with van der Waals surface area (Å²) in [5, 5.41) is 8.87. The SMILES string of the molecule is COC(=O)c1nc(-c2cccc(C#N)c2)oc1C(=O)OC. The van der Waals surface area contributed by atoms with Crippen LogP contribution in [0.25, 0.3) is 11.5 Å². The third kappa shape index (κ3) is 2.74. The molecule has 0 atom stereocenters. The molecule has 0 spiro atoms. The van der Waals surface area contributed by atoms with Crippen molar-refractivity contribution in [2.45, 2.75) is 0 Å². The molecule has 1 heterocycles. The average molecular weight is 286 g/mol. The first-order valence-electron chi connectivity index (χ1n) is 5.78. The van der Waals surface area contributed by atoms with E-state index < -0.39 is 11.9 Å². The second-order valence-electron chi connectivity index (χ2n) is 3.87. The summed E-state index contributed by atoms with van der Waals surface area (Å²) in [4.78, 5) is 27.2. The van der Waals surface area contributed by atoms with Crippen LogP contribution in [0.4, 0.5) is 0 Å². The lowest BCUT2D eigenvalue weighted by atomic mass is 10.1. The minimum Gasteiger partial charge on any atom is -0.464 e. The Labute approximate surface area is 119 Å². The summed E-state index contributed by atoms with van der Waals surface area (Å²) in [7, 11) is 2.32. The molecule has 0 radical (unpaired) electrons. The monoisotopic (exact) mass is 286 g/mol. The number of carbonyl (C=O) groups is 2. The average Bonchev–Trinajstić information content (AvgIpc) is 2.98. The zero-order chi connectivity index (χ0) is 15.4. The van der Waals surface area contributed by atoms with Crippen molar-refractivity contribution < 1.29 is 23.5 Å². The largest absolute Gasteiger partial charge is 0.464 e. The fourth-order valence-electron chi connectivity index (χ4n) is 1.63. The van der Waals surface area contributed by atoms with E-state index in [1.165, 1.54) is 6.07 Å². The van der Waals surface area contributed by atoms with Gasteiger partial charge in [0.15, 0.2) is 0 Å². The van der Waals surface area contributed by atoms with E-state index in [0.717, 1.165) is 14.2 Å². The van der Waals surface area contributed by atoms with Gasteiger partial charge in [-0.2, -0.15) is 5.26 Å². The highest BCUT2D eigenvalue weighted by Crippen LogP contribution is 2.24. The van der Waals surface area contributed by atoms with Crippen molar-refractivity contribution >= 4 is 11.9 Å². The van der Waals surface area contributed by atoms with E-state index in [1.54, 1.807) is 18.2 Å². The molecular formula is C14H10N2O5. The van der Waals surface area contributed by atoms with Crippen LogP contribution in [-0.4, -0.2) is 31.1 Å². The lowest BCUT2D eigenvalue weighted by Crippen LogP contribution is -2.10. The van der Waals surface area contributed by atoms with Crippen LogP contribution >= 0.6 is 0 Å². The van der Waals surface area contributed by atoms with Crippen LogP contribution in [0.2, 0.25) is 0 Å². The predicted octanol–water partition coefficient (Wildman–Crippen LogP) is 1.79. The van der Waals surface area contributed by atoms with Gasteiger partial charge in [-0.25, -0.2) is 14.6 Å². The van der Waals surface area contributed by atoms with Crippen molar-refractivity contribution in [1.29, 1.82) is 5.26 Å². The van der Waals surface area contributed by atoms with Gasteiger partial charge in [-0.05, 0) is 18.2 Å². The maximum absolute atomic E-state index is 11.6. The van der Waals surface area contributed by atoms with Crippen molar-refractivity contribution in [1.82, 2.24) is 4.98 Å². The summed E-state index contributed by atoms with van der Waals surface area (Å²) in [6.07, 6.45) is 0. The highest BCUT2D eigenvalue weighted by molar-refractivity contribution is 6.00. The van der Waals surface area contributed by atoms with Gasteiger partial charge in [-0.3, -0.25) is 0 Å². The van der Waals surface area contributed by atoms with E-state index >= 15 is 0 Å². The molecule has 106 valence electrons. The Hall–Kier alpha value is -3.14. The molecule has 0 N–H and O–H groups in total. The molecule has 1 aromatic carbocycles. The summed E-state index contributed by atoms with van der Waals surface area (Å²) in [5.41, 5.74) is 0.570. The maximum Gasteiger partial charge on any atom is 0.376 e. The van der Waals surface area contributed by atoms with Gasteiger partial charge in [-0.1, -0.05) is 6.07 Å². The number of aromatic nitrogens is 1. The van der Waals surface area contributed by atoms with E-state index in [-0.39, 0.29) is 17.3 Å². The van der Waals surface area contributed by atoms with Crippen molar-refractivity contribution in [3.05, 3.63) is 41.3 Å². The molecule has 0 aliphatic heterocycles. The van der Waals surface area contributed by atoms with Crippen molar-refractivity contribution in [2.75, 3.05) is 14.2 Å². The summed E-state index contributed by atoms with van der Waals surface area (Å²) in [6, 6.07) is 8.37. The summed E-state index contributed by atoms with van der Waals surface area (Å²) >= 11 is 0. The molecule has 7 heteroatoms. The Balaban J connectivity index is 2.55. The van der Waals surface area contributed by atoms with Gasteiger partial charge in [0, 0.05) is 5.56 Å². The number of ether oxygens (including phenoxy) is 2. The van der Waals surface area contributed by atoms with Gasteiger partial charge >= 0.3 is 11.9 Å². The number of benzene rings is 1. The molecule has 21 heavy (non-hydrogen) atoms. The molecule has 0 aliphatic carbocycles. The fraction of sp³-hybridized carbons (Fsp3) is 0.143. The number of nitrogens with zero attached hydrogens (tertiary/aromatic N) is 2. The second-order valence-corrected chi connectivity index (χ2v) is 3.87. The molecule has 7 nitrogen and oxygen atoms in total. The number of hydrogen-bond donors (Lipinski definition) is 0. The van der Waals surface area contributed by atoms with E-state index in [1.807, 2.05) is 6.07 Å². The first-order chi connectivity index (χ1) is 10.1. The number of oxazole rings is 1. The predicted molar refractivity (Wildman–Crippen MR) is 69.3 cm³/mol. The lowest BCUT2D eigenvalue weighted by molar-refractivity contribution is 0.0527. The molecule has 0 unspecified atom stereocenters. The summed E-state index contributed by atoms with van der Waals surface area (Å²) in [6.45, 7) is 0. The molecule has 2 aromatic rings. The van der Waals surface area contributed by atoms with E-state index in [0.29, 0.717) is 11.1 Å². The maximum atomic E-state index is 11.6. The number of nitriles is 1. The normalized spacial score (nSPS) is 9.76. The Morgan fingerprint density at radius 2 is 1.95 bits per heavy atom. The molecule has 0 amide bonds. The Kier molecular flexibility index (Phi) is 4.00. The minimum absolute atomic E-state index is 0.0212. The zero-order valence-electron chi connectivity index (χ0n) is 11.2. The topological polar surface area (TPSA) is 102 Å². The van der Waals surface area contributed by atoms with Crippen LogP contribution in [0, 0.1) is 11.3 Å². The molecule has 1 aromatic heterocycles. The van der Waals surface area contributed by atoms with Crippen LogP contribution in [0.15, 0.2) is 28.7 Å². The standard InChI is InChI=1S/C14H10N2O5/c1-19-13(17)10-11(14(18)20-2)21-12(16-10)9-5-3-4-8(6-9)7-15/h3-6H,1-2H3.